The Balaban J connectivity index is 0.000000230. The van der Waals surface area contributed by atoms with Gasteiger partial charge in [-0.05, 0) is 246 Å². The van der Waals surface area contributed by atoms with Gasteiger partial charge in [-0.2, -0.15) is 43.9 Å². The van der Waals surface area contributed by atoms with E-state index in [4.69, 9.17) is 85.6 Å². The molecule has 0 spiro atoms. The summed E-state index contributed by atoms with van der Waals surface area (Å²) in [6, 6.07) is 44.0. The molecule has 5 heterocycles. The van der Waals surface area contributed by atoms with E-state index in [1.54, 1.807) is 77.8 Å². The Labute approximate surface area is 744 Å². The van der Waals surface area contributed by atoms with E-state index in [0.717, 1.165) is 66.1 Å². The topological polar surface area (TPSA) is 270 Å². The lowest BCUT2D eigenvalue weighted by atomic mass is 10.2. The van der Waals surface area contributed by atoms with Gasteiger partial charge in [-0.1, -0.05) is 100 Å². The van der Waals surface area contributed by atoms with E-state index >= 15 is 0 Å². The van der Waals surface area contributed by atoms with E-state index in [1.807, 2.05) is 93.7 Å². The fourth-order valence-electron chi connectivity index (χ4n) is 8.89. The number of alkyl halides is 14. The zero-order chi connectivity index (χ0) is 87.6. The summed E-state index contributed by atoms with van der Waals surface area (Å²) in [5.74, 6) is -15.7. The third kappa shape index (κ3) is 31.9. The smallest absolute Gasteiger partial charge is 0.457 e. The SMILES string of the molecule is CC(NC(=O)c1ccc(Br)cn1)Nc1ccc(Cl)cc1.CCC(Cl)(Cl)C(NC(=O)c1ccc(Br)cn1)Nc1ccc(C)cc1.Cc1ccc(NC(NC(=O)c2ccc(Br)cn2)C(Cl)Cl)cc1.O=C(NC(Nc1ccc(Cl)c(F)c1)C(F)(F)C(F)(F)F)c1cc(Br)co1.O=C(NC(Nc1ccc(Cl)cc1)C(F)(F)C(F)(F)F)c1ccc(Br)cn1. The summed E-state index contributed by atoms with van der Waals surface area (Å²) >= 11 is 57.4. The molecule has 5 aromatic heterocycles. The van der Waals surface area contributed by atoms with Crippen LogP contribution < -0.4 is 53.2 Å². The Hall–Kier alpha value is -8.01. The number of nitrogens with one attached hydrogen (secondary N) is 10. The van der Waals surface area contributed by atoms with Crippen LogP contribution in [0.15, 0.2) is 228 Å². The first-order valence-electron chi connectivity index (χ1n) is 33.5. The molecule has 20 nitrogen and oxygen atoms in total. The second kappa shape index (κ2) is 45.6. The summed E-state index contributed by atoms with van der Waals surface area (Å²) < 4.78 is 152. The van der Waals surface area contributed by atoms with E-state index in [9.17, 15) is 72.3 Å². The zero-order valence-corrected chi connectivity index (χ0v) is 73.9. The van der Waals surface area contributed by atoms with Crippen molar-refractivity contribution in [3.05, 3.63) is 284 Å². The lowest BCUT2D eigenvalue weighted by Gasteiger charge is -2.31. The normalized spacial score (nSPS) is 12.6. The number of pyridine rings is 4. The number of furan rings is 1. The average molecular weight is 2110 g/mol. The monoisotopic (exact) mass is 2100 g/mol. The van der Waals surface area contributed by atoms with Crippen molar-refractivity contribution in [2.75, 3.05) is 26.6 Å². The molecular weight excluding hydrogens is 2050 g/mol. The number of rotatable bonds is 25. The Morgan fingerprint density at radius 2 is 0.746 bits per heavy atom. The van der Waals surface area contributed by atoms with Crippen LogP contribution >= 0.6 is 161 Å². The molecule has 5 aromatic carbocycles. The molecule has 0 bridgehead atoms. The van der Waals surface area contributed by atoms with Crippen molar-refractivity contribution in [2.24, 2.45) is 0 Å². The average Bonchev–Trinajstić information content (AvgIpc) is 1.08. The molecule has 0 fully saturated rings. The maximum absolute atomic E-state index is 13.8. The molecule has 10 rings (SSSR count). The molecule has 10 N–H and O–H groups in total. The van der Waals surface area contributed by atoms with Crippen molar-refractivity contribution in [1.29, 1.82) is 0 Å². The summed E-state index contributed by atoms with van der Waals surface area (Å²) in [6.07, 6.45) is -11.7. The fourth-order valence-corrected chi connectivity index (χ4v) is 11.0. The fraction of sp³-hybridized carbons (Fsp3) is 0.213. The largest absolute Gasteiger partial charge is 0.458 e. The van der Waals surface area contributed by atoms with Crippen molar-refractivity contribution in [3.63, 3.8) is 0 Å². The highest BCUT2D eigenvalue weighted by atomic mass is 79.9. The highest BCUT2D eigenvalue weighted by Gasteiger charge is 2.64. The molecule has 5 unspecified atom stereocenters. The predicted octanol–water partition coefficient (Wildman–Crippen LogP) is 22.8. The van der Waals surface area contributed by atoms with Gasteiger partial charge in [0.1, 0.15) is 52.0 Å². The quantitative estimate of drug-likeness (QED) is 0.0145. The number of carbonyl (C=O) groups is 5. The van der Waals surface area contributed by atoms with Gasteiger partial charge in [-0.25, -0.2) is 24.3 Å². The number of aryl methyl sites for hydroxylation is 2. The molecule has 0 aliphatic heterocycles. The summed E-state index contributed by atoms with van der Waals surface area (Å²) in [4.78, 5) is 75.5. The van der Waals surface area contributed by atoms with E-state index < -0.39 is 87.1 Å². The number of halogens is 23. The Bertz CT molecular complexity index is 4930. The molecule has 0 saturated heterocycles. The Morgan fingerprint density at radius 3 is 1.09 bits per heavy atom. The van der Waals surface area contributed by atoms with Crippen LogP contribution in [0.1, 0.15) is 83.9 Å². The van der Waals surface area contributed by atoms with Gasteiger partial charge in [0.15, 0.2) is 22.4 Å². The van der Waals surface area contributed by atoms with Gasteiger partial charge >= 0.3 is 24.2 Å². The van der Waals surface area contributed by atoms with Crippen LogP contribution in [0, 0.1) is 19.7 Å². The van der Waals surface area contributed by atoms with Crippen LogP contribution in [0.3, 0.4) is 0 Å². The van der Waals surface area contributed by atoms with Crippen LogP contribution in [0.4, 0.5) is 76.7 Å². The van der Waals surface area contributed by atoms with E-state index in [0.29, 0.717) is 27.7 Å². The van der Waals surface area contributed by atoms with E-state index in [2.05, 4.69) is 131 Å². The highest BCUT2D eigenvalue weighted by molar-refractivity contribution is 9.11. The number of anilines is 5. The second-order valence-corrected chi connectivity index (χ2v) is 32.8. The Morgan fingerprint density at radius 1 is 0.415 bits per heavy atom. The van der Waals surface area contributed by atoms with Crippen molar-refractivity contribution < 1.29 is 76.7 Å². The lowest BCUT2D eigenvalue weighted by molar-refractivity contribution is -0.289. The third-order valence-corrected chi connectivity index (χ3v) is 19.6. The van der Waals surface area contributed by atoms with Crippen LogP contribution in [0.5, 0.6) is 0 Å². The van der Waals surface area contributed by atoms with E-state index in [-0.39, 0.29) is 61.2 Å². The maximum Gasteiger partial charge on any atom is 0.457 e. The number of aromatic nitrogens is 4. The number of benzene rings is 5. The van der Waals surface area contributed by atoms with E-state index in [1.165, 1.54) is 47.9 Å². The van der Waals surface area contributed by atoms with Gasteiger partial charge in [-0.15, -0.1) is 23.2 Å². The number of hydrogen-bond donors (Lipinski definition) is 10. The highest BCUT2D eigenvalue weighted by Crippen LogP contribution is 2.41. The zero-order valence-electron chi connectivity index (χ0n) is 60.7. The molecule has 43 heteroatoms. The van der Waals surface area contributed by atoms with Crippen molar-refractivity contribution in [3.8, 4) is 0 Å². The number of carbonyl (C=O) groups excluding carboxylic acids is 5. The van der Waals surface area contributed by atoms with Gasteiger partial charge < -0.3 is 57.6 Å². The molecule has 118 heavy (non-hydrogen) atoms. The second-order valence-electron chi connectivity index (χ2n) is 24.2. The number of nitrogens with zero attached hydrogens (tertiary/aromatic N) is 4. The van der Waals surface area contributed by atoms with Crippen LogP contribution in [0.2, 0.25) is 15.1 Å². The molecule has 0 aliphatic carbocycles. The molecular formula is C75H63Br5Cl7F11N14O6. The van der Waals surface area contributed by atoms with Crippen LogP contribution in [-0.2, 0) is 0 Å². The summed E-state index contributed by atoms with van der Waals surface area (Å²) in [7, 11) is 0. The maximum atomic E-state index is 13.8. The minimum atomic E-state index is -5.99. The van der Waals surface area contributed by atoms with Gasteiger partial charge in [-0.3, -0.25) is 24.0 Å². The van der Waals surface area contributed by atoms with Crippen molar-refractivity contribution in [2.45, 2.75) is 98.3 Å². The molecule has 5 amide bonds. The van der Waals surface area contributed by atoms with Crippen LogP contribution in [0.25, 0.3) is 0 Å². The predicted molar refractivity (Wildman–Crippen MR) is 453 cm³/mol. The number of amides is 5. The standard InChI is InChI=1S/C17H18BrCl2N3O.C15H14BrCl2N3O.C15H10BrClF5N3O.C14H8BrClF6N2O2.C14H13BrClN3O/c1-3-17(19,20)16(22-13-7-4-11(2)5-8-13)23-15(24)14-9-6-12(18)10-21-14;1-9-2-5-11(6-3-9)20-14(13(17)18)21-15(22)12-7-4-10(16)8-19-12;16-8-1-6-11(23-7-8)12(26)25-13(14(18,19)15(20,21)22)24-10-4-2-9(17)3-5-10;15-6-3-10(26-5-6)11(25)24-12(13(18,19)14(20,21)22)23-7-1-2-8(16)9(17)4-7;1-9(18-12-5-3-11(16)4-6-12)19-14(20)13-7-2-10(15)8-17-13/h4-10,16,22H,3H2,1-2H3,(H,23,24);2-8,13-14,20H,1H3,(H,21,22);1-7,13,24H,(H,25,26);1-5,12,23H,(H,24,25);2-9,18H,1H3,(H,19,20). The molecule has 0 saturated carbocycles. The first-order valence-corrected chi connectivity index (χ1v) is 40.2. The minimum Gasteiger partial charge on any atom is -0.458 e. The molecule has 630 valence electrons. The lowest BCUT2D eigenvalue weighted by Crippen LogP contribution is -2.59. The van der Waals surface area contributed by atoms with Crippen molar-refractivity contribution >= 4 is 219 Å². The summed E-state index contributed by atoms with van der Waals surface area (Å²) in [5, 5.41) is 25.2. The molecule has 0 aliphatic rings. The molecule has 5 atom stereocenters. The summed E-state index contributed by atoms with van der Waals surface area (Å²) in [6.45, 7) is 7.70. The Kier molecular flexibility index (Phi) is 38.2. The first-order chi connectivity index (χ1) is 55.2. The minimum absolute atomic E-state index is 0.0904. The molecule has 0 radical (unpaired) electrons. The van der Waals surface area contributed by atoms with Crippen molar-refractivity contribution in [1.82, 2.24) is 46.5 Å². The first kappa shape index (κ1) is 98.8. The van der Waals surface area contributed by atoms with Gasteiger partial charge in [0.25, 0.3) is 29.5 Å². The van der Waals surface area contributed by atoms with Gasteiger partial charge in [0.05, 0.1) is 15.7 Å². The van der Waals surface area contributed by atoms with Gasteiger partial charge in [0, 0.05) is 87.2 Å². The third-order valence-electron chi connectivity index (χ3n) is 15.1. The van der Waals surface area contributed by atoms with Crippen LogP contribution in [-0.4, -0.2) is 114 Å². The molecule has 10 aromatic rings. The summed E-state index contributed by atoms with van der Waals surface area (Å²) in [5.41, 5.74) is 4.85. The van der Waals surface area contributed by atoms with Gasteiger partial charge in [0.2, 0.25) is 0 Å². The number of hydrogen-bond acceptors (Lipinski definition) is 15.